The quantitative estimate of drug-likeness (QED) is 0.858. The van der Waals surface area contributed by atoms with Crippen molar-refractivity contribution in [2.75, 3.05) is 52.5 Å². The van der Waals surface area contributed by atoms with E-state index >= 15 is 0 Å². The molecule has 2 heterocycles. The van der Waals surface area contributed by atoms with E-state index in [1.54, 1.807) is 0 Å². The van der Waals surface area contributed by atoms with Crippen LogP contribution in [0.5, 0.6) is 5.75 Å². The minimum atomic E-state index is -0.894. The normalized spacial score (nSPS) is 25.0. The number of hydrogen-bond donors (Lipinski definition) is 1. The van der Waals surface area contributed by atoms with Gasteiger partial charge in [0, 0.05) is 26.2 Å². The molecule has 1 N–H and O–H groups in total. The van der Waals surface area contributed by atoms with Gasteiger partial charge in [-0.15, -0.1) is 0 Å². The van der Waals surface area contributed by atoms with Crippen molar-refractivity contribution in [2.45, 2.75) is 18.9 Å². The molecule has 0 radical (unpaired) electrons. The Labute approximate surface area is 143 Å². The highest BCUT2D eigenvalue weighted by molar-refractivity contribution is 5.78. The third-order valence-corrected chi connectivity index (χ3v) is 4.63. The fourth-order valence-corrected chi connectivity index (χ4v) is 3.22. The molecule has 0 aliphatic carbocycles. The number of β-amino-alcohol motifs (C(OH)–C–C–N with tert-alkyl or cyclic N) is 1. The lowest BCUT2D eigenvalue weighted by Gasteiger charge is -2.29. The highest BCUT2D eigenvalue weighted by Crippen LogP contribution is 2.23. The Bertz CT molecular complexity index is 574. The first kappa shape index (κ1) is 17.2. The molecule has 6 heteroatoms. The summed E-state index contributed by atoms with van der Waals surface area (Å²) in [5.74, 6) is 0.883. The van der Waals surface area contributed by atoms with Gasteiger partial charge in [-0.25, -0.2) is 0 Å². The molecule has 1 aromatic carbocycles. The third-order valence-electron chi connectivity index (χ3n) is 4.63. The Balaban J connectivity index is 1.47. The fourth-order valence-electron chi connectivity index (χ4n) is 3.22. The topological polar surface area (TPSA) is 62.2 Å². The lowest BCUT2D eigenvalue weighted by Crippen LogP contribution is -2.46. The maximum Gasteiger partial charge on any atom is 0.236 e. The maximum atomic E-state index is 12.3. The van der Waals surface area contributed by atoms with E-state index in [0.717, 1.165) is 11.3 Å². The van der Waals surface area contributed by atoms with E-state index in [2.05, 4.69) is 0 Å². The average Bonchev–Trinajstić information content (AvgIpc) is 2.95. The average molecular weight is 334 g/mol. The van der Waals surface area contributed by atoms with E-state index in [0.29, 0.717) is 52.4 Å². The SMILES string of the molecule is Cc1cccc(OC[C@@]2(O)CCN(CC(=O)N3CCOCC3)C2)c1. The van der Waals surface area contributed by atoms with E-state index in [9.17, 15) is 9.90 Å². The Morgan fingerprint density at radius 3 is 2.88 bits per heavy atom. The van der Waals surface area contributed by atoms with Crippen LogP contribution in [0, 0.1) is 6.92 Å². The number of benzene rings is 1. The summed E-state index contributed by atoms with van der Waals surface area (Å²) in [6, 6.07) is 7.80. The van der Waals surface area contributed by atoms with Crippen LogP contribution in [0.1, 0.15) is 12.0 Å². The first-order valence-corrected chi connectivity index (χ1v) is 8.54. The Morgan fingerprint density at radius 1 is 1.33 bits per heavy atom. The Morgan fingerprint density at radius 2 is 2.12 bits per heavy atom. The third kappa shape index (κ3) is 4.47. The summed E-state index contributed by atoms with van der Waals surface area (Å²) in [5, 5.41) is 10.7. The molecule has 2 aliphatic rings. The molecule has 2 saturated heterocycles. The highest BCUT2D eigenvalue weighted by atomic mass is 16.5. The van der Waals surface area contributed by atoms with Crippen molar-refractivity contribution in [2.24, 2.45) is 0 Å². The molecule has 1 aromatic rings. The summed E-state index contributed by atoms with van der Waals surface area (Å²) < 4.78 is 11.0. The van der Waals surface area contributed by atoms with Gasteiger partial charge in [0.25, 0.3) is 0 Å². The molecule has 1 atom stereocenters. The molecule has 1 amide bonds. The molecule has 0 unspecified atom stereocenters. The van der Waals surface area contributed by atoms with E-state index < -0.39 is 5.60 Å². The molecule has 24 heavy (non-hydrogen) atoms. The predicted octanol–water partition coefficient (Wildman–Crippen LogP) is 0.669. The molecular formula is C18H26N2O4. The van der Waals surface area contributed by atoms with Crippen LogP contribution in [0.15, 0.2) is 24.3 Å². The number of amides is 1. The van der Waals surface area contributed by atoms with Gasteiger partial charge in [0.2, 0.25) is 5.91 Å². The smallest absolute Gasteiger partial charge is 0.236 e. The molecule has 3 rings (SSSR count). The molecule has 0 spiro atoms. The van der Waals surface area contributed by atoms with Gasteiger partial charge in [-0.05, 0) is 31.0 Å². The van der Waals surface area contributed by atoms with Crippen LogP contribution in [0.2, 0.25) is 0 Å². The Kier molecular flexibility index (Phi) is 5.38. The lowest BCUT2D eigenvalue weighted by atomic mass is 10.1. The van der Waals surface area contributed by atoms with Gasteiger partial charge >= 0.3 is 0 Å². The van der Waals surface area contributed by atoms with Gasteiger partial charge < -0.3 is 19.5 Å². The summed E-state index contributed by atoms with van der Waals surface area (Å²) >= 11 is 0. The number of carbonyl (C=O) groups is 1. The van der Waals surface area contributed by atoms with Crippen molar-refractivity contribution in [3.05, 3.63) is 29.8 Å². The number of morpholine rings is 1. The van der Waals surface area contributed by atoms with Gasteiger partial charge in [-0.3, -0.25) is 9.69 Å². The molecule has 2 fully saturated rings. The van der Waals surface area contributed by atoms with E-state index in [-0.39, 0.29) is 12.5 Å². The van der Waals surface area contributed by atoms with Crippen LogP contribution in [0.4, 0.5) is 0 Å². The zero-order chi connectivity index (χ0) is 17.0. The van der Waals surface area contributed by atoms with Crippen LogP contribution in [0.25, 0.3) is 0 Å². The summed E-state index contributed by atoms with van der Waals surface area (Å²) in [7, 11) is 0. The number of ether oxygens (including phenoxy) is 2. The standard InChI is InChI=1S/C18H26N2O4/c1-15-3-2-4-16(11-15)24-14-18(22)5-6-19(13-18)12-17(21)20-7-9-23-10-8-20/h2-4,11,22H,5-10,12-14H2,1H3/t18-/m1/s1. The number of carbonyl (C=O) groups excluding carboxylic acids is 1. The van der Waals surface area contributed by atoms with Crippen LogP contribution >= 0.6 is 0 Å². The van der Waals surface area contributed by atoms with Crippen LogP contribution in [-0.4, -0.2) is 79.0 Å². The summed E-state index contributed by atoms with van der Waals surface area (Å²) in [5.41, 5.74) is 0.235. The number of likely N-dealkylation sites (tertiary alicyclic amines) is 1. The van der Waals surface area contributed by atoms with Gasteiger partial charge in [0.1, 0.15) is 18.0 Å². The Hall–Kier alpha value is -1.63. The van der Waals surface area contributed by atoms with Crippen molar-refractivity contribution in [1.29, 1.82) is 0 Å². The van der Waals surface area contributed by atoms with Crippen molar-refractivity contribution < 1.29 is 19.4 Å². The number of aryl methyl sites for hydroxylation is 1. The zero-order valence-electron chi connectivity index (χ0n) is 14.2. The van der Waals surface area contributed by atoms with E-state index in [4.69, 9.17) is 9.47 Å². The van der Waals surface area contributed by atoms with E-state index in [1.807, 2.05) is 41.0 Å². The molecule has 2 aliphatic heterocycles. The molecular weight excluding hydrogens is 308 g/mol. The number of rotatable bonds is 5. The van der Waals surface area contributed by atoms with Gasteiger partial charge in [-0.2, -0.15) is 0 Å². The first-order valence-electron chi connectivity index (χ1n) is 8.54. The van der Waals surface area contributed by atoms with Crippen LogP contribution < -0.4 is 4.74 Å². The first-order chi connectivity index (χ1) is 11.5. The van der Waals surface area contributed by atoms with E-state index in [1.165, 1.54) is 0 Å². The minimum Gasteiger partial charge on any atom is -0.491 e. The second kappa shape index (κ2) is 7.51. The van der Waals surface area contributed by atoms with Crippen LogP contribution in [-0.2, 0) is 9.53 Å². The second-order valence-corrected chi connectivity index (χ2v) is 6.78. The zero-order valence-corrected chi connectivity index (χ0v) is 14.2. The summed E-state index contributed by atoms with van der Waals surface area (Å²) in [4.78, 5) is 16.1. The van der Waals surface area contributed by atoms with Crippen LogP contribution in [0.3, 0.4) is 0 Å². The number of hydrogen-bond acceptors (Lipinski definition) is 5. The molecule has 0 bridgehead atoms. The minimum absolute atomic E-state index is 0.113. The van der Waals surface area contributed by atoms with Gasteiger partial charge in [0.05, 0.1) is 19.8 Å². The fraction of sp³-hybridized carbons (Fsp3) is 0.611. The summed E-state index contributed by atoms with van der Waals surface area (Å²) in [6.07, 6.45) is 0.620. The molecule has 0 saturated carbocycles. The van der Waals surface area contributed by atoms with Crippen molar-refractivity contribution in [3.8, 4) is 5.75 Å². The number of nitrogens with zero attached hydrogens (tertiary/aromatic N) is 2. The maximum absolute atomic E-state index is 12.3. The lowest BCUT2D eigenvalue weighted by molar-refractivity contribution is -0.136. The van der Waals surface area contributed by atoms with Gasteiger partial charge in [-0.1, -0.05) is 12.1 Å². The summed E-state index contributed by atoms with van der Waals surface area (Å²) in [6.45, 7) is 6.33. The molecule has 6 nitrogen and oxygen atoms in total. The monoisotopic (exact) mass is 334 g/mol. The molecule has 0 aromatic heterocycles. The molecule has 132 valence electrons. The largest absolute Gasteiger partial charge is 0.491 e. The predicted molar refractivity (Wildman–Crippen MR) is 90.1 cm³/mol. The van der Waals surface area contributed by atoms with Crippen molar-refractivity contribution in [1.82, 2.24) is 9.80 Å². The highest BCUT2D eigenvalue weighted by Gasteiger charge is 2.38. The number of aliphatic hydroxyl groups is 1. The second-order valence-electron chi connectivity index (χ2n) is 6.78. The van der Waals surface area contributed by atoms with Crippen molar-refractivity contribution in [3.63, 3.8) is 0 Å². The van der Waals surface area contributed by atoms with Crippen molar-refractivity contribution >= 4 is 5.91 Å². The van der Waals surface area contributed by atoms with Gasteiger partial charge in [0.15, 0.2) is 0 Å².